The summed E-state index contributed by atoms with van der Waals surface area (Å²) >= 11 is 13.1. The smallest absolute Gasteiger partial charge is 0.478 e. The van der Waals surface area contributed by atoms with Gasteiger partial charge in [-0.2, -0.15) is 0 Å². The van der Waals surface area contributed by atoms with Gasteiger partial charge in [-0.15, -0.1) is 0 Å². The van der Waals surface area contributed by atoms with Gasteiger partial charge in [0.25, 0.3) is 0 Å². The first-order chi connectivity index (χ1) is 27.8. The zero-order valence-electron chi connectivity index (χ0n) is 37.0. The van der Waals surface area contributed by atoms with Gasteiger partial charge in [-0.05, 0) is 170 Å². The molecule has 0 radical (unpaired) electrons. The van der Waals surface area contributed by atoms with Crippen molar-refractivity contribution in [2.75, 3.05) is 0 Å². The van der Waals surface area contributed by atoms with E-state index in [9.17, 15) is 29.4 Å². The average Bonchev–Trinajstić information content (AvgIpc) is 3.51. The predicted molar refractivity (Wildman–Crippen MR) is 232 cm³/mol. The number of carbonyl (C=O) groups is 4. The van der Waals surface area contributed by atoms with Crippen LogP contribution in [0.3, 0.4) is 0 Å². The number of carbonyl (C=O) groups excluding carboxylic acids is 2. The fourth-order valence-corrected chi connectivity index (χ4v) is 13.3. The summed E-state index contributed by atoms with van der Waals surface area (Å²) in [5, 5.41) is 20.1. The summed E-state index contributed by atoms with van der Waals surface area (Å²) in [4.78, 5) is 48.5. The predicted octanol–water partition coefficient (Wildman–Crippen LogP) is 10.2. The fraction of sp³-hybridized carbons (Fsp3) is 0.633. The summed E-state index contributed by atoms with van der Waals surface area (Å²) in [5.74, 6) is 1.48. The number of hydrogen-bond donors (Lipinski definition) is 2. The van der Waals surface area contributed by atoms with Crippen molar-refractivity contribution in [1.82, 2.24) is 0 Å². The third-order valence-corrected chi connectivity index (χ3v) is 16.1. The number of benzene rings is 2. The zero-order valence-corrected chi connectivity index (χ0v) is 40.5. The van der Waals surface area contributed by atoms with Crippen molar-refractivity contribution in [2.45, 2.75) is 138 Å². The molecule has 0 heterocycles. The number of hydrogen-bond acceptors (Lipinski definition) is 6. The summed E-state index contributed by atoms with van der Waals surface area (Å²) in [6.45, 7) is 14.9. The van der Waals surface area contributed by atoms with Crippen molar-refractivity contribution >= 4 is 52.7 Å². The van der Waals surface area contributed by atoms with Crippen LogP contribution in [0.4, 0.5) is 0 Å². The maximum absolute atomic E-state index is 12.4. The summed E-state index contributed by atoms with van der Waals surface area (Å²) in [5.41, 5.74) is 1.49. The number of fused-ring (bicyclic) bond motifs is 5. The van der Waals surface area contributed by atoms with Crippen LogP contribution in [0.15, 0.2) is 30.3 Å². The molecule has 11 heteroatoms. The van der Waals surface area contributed by atoms with E-state index in [1.165, 1.54) is 94.9 Å². The van der Waals surface area contributed by atoms with E-state index in [1.807, 2.05) is 6.08 Å². The molecule has 9 atom stereocenters. The van der Waals surface area contributed by atoms with Gasteiger partial charge >= 0.3 is 53.4 Å². The number of aromatic carboxylic acids is 2. The molecule has 0 aliphatic heterocycles. The van der Waals surface area contributed by atoms with Crippen LogP contribution in [-0.2, 0) is 9.59 Å². The molecule has 2 N–H and O–H groups in total. The minimum Gasteiger partial charge on any atom is -0.478 e. The van der Waals surface area contributed by atoms with Gasteiger partial charge < -0.3 is 19.7 Å². The zero-order chi connectivity index (χ0) is 43.0. The Kier molecular flexibility index (Phi) is 16.2. The van der Waals surface area contributed by atoms with Gasteiger partial charge in [0.2, 0.25) is 0 Å². The largest absolute Gasteiger partial charge is 1.00 e. The molecule has 6 rings (SSSR count). The Morgan fingerprint density at radius 3 is 1.85 bits per heavy atom. The molecule has 2 aromatic rings. The summed E-state index contributed by atoms with van der Waals surface area (Å²) in [7, 11) is 0. The average molecular weight is 875 g/mol. The number of esters is 2. The van der Waals surface area contributed by atoms with E-state index in [2.05, 4.69) is 34.6 Å². The summed E-state index contributed by atoms with van der Waals surface area (Å²) < 4.78 is 10.4. The van der Waals surface area contributed by atoms with Gasteiger partial charge in [0.1, 0.15) is 11.1 Å². The number of carboxylic acids is 2. The molecule has 322 valence electrons. The Morgan fingerprint density at radius 2 is 1.32 bits per heavy atom. The molecule has 0 unspecified atom stereocenters. The Labute approximate surface area is 389 Å². The van der Waals surface area contributed by atoms with Crippen molar-refractivity contribution in [2.24, 2.45) is 58.2 Å². The second-order valence-corrected chi connectivity index (χ2v) is 20.3. The molecule has 4 aliphatic rings. The van der Waals surface area contributed by atoms with E-state index in [4.69, 9.17) is 32.7 Å². The molecule has 4 aliphatic carbocycles. The van der Waals surface area contributed by atoms with E-state index < -0.39 is 23.9 Å². The maximum atomic E-state index is 12.4. The second-order valence-electron chi connectivity index (χ2n) is 19.5. The molecule has 8 nitrogen and oxygen atoms in total. The molecule has 0 bridgehead atoms. The summed E-state index contributed by atoms with van der Waals surface area (Å²) in [6.07, 6.45) is 19.4. The standard InChI is InChI=1S/C49H64Cl2O8.Na/c1-27(2)10-8-11-28(3)39-16-17-40-36-15-14-34-22-31(18-20-48(34,6)41(36)19-21-49(39,40)7)12-9-13-35(32-23-37(46(54)55)44(42(50)25-32)58-29(4)52)33-24-38(47(56)57)45(43(51)26-33)59-30(5)53;/h13,23-28,31,34,36,39-41H,8-12,14-22H2,1-7H3,(H,54,55)(H,56,57);/q;+1/t28-,31+,34+,36+,39-,40+,41+,48+,49-;/m1./s1. The Hall–Kier alpha value is -2.36. The van der Waals surface area contributed by atoms with Crippen LogP contribution in [-0.4, -0.2) is 34.1 Å². The Morgan fingerprint density at radius 1 is 0.767 bits per heavy atom. The van der Waals surface area contributed by atoms with Crippen LogP contribution in [0.5, 0.6) is 11.5 Å². The number of rotatable bonds is 14. The van der Waals surface area contributed by atoms with Crippen molar-refractivity contribution in [3.8, 4) is 11.5 Å². The first-order valence-electron chi connectivity index (χ1n) is 22.0. The summed E-state index contributed by atoms with van der Waals surface area (Å²) in [6, 6.07) is 5.75. The topological polar surface area (TPSA) is 127 Å². The van der Waals surface area contributed by atoms with E-state index in [1.54, 1.807) is 0 Å². The molecule has 0 saturated heterocycles. The monoisotopic (exact) mass is 873 g/mol. The van der Waals surface area contributed by atoms with Crippen LogP contribution in [0.25, 0.3) is 5.57 Å². The van der Waals surface area contributed by atoms with Crippen LogP contribution in [0, 0.1) is 58.2 Å². The molecule has 4 fully saturated rings. The molecular formula is C49H64Cl2NaO8+. The molecule has 4 saturated carbocycles. The fourth-order valence-electron chi connectivity index (χ4n) is 12.8. The molecule has 60 heavy (non-hydrogen) atoms. The number of allylic oxidation sites excluding steroid dienone is 1. The quantitative estimate of drug-likeness (QED) is 0.109. The van der Waals surface area contributed by atoms with Gasteiger partial charge in [0, 0.05) is 13.8 Å². The van der Waals surface area contributed by atoms with Crippen molar-refractivity contribution in [3.63, 3.8) is 0 Å². The van der Waals surface area contributed by atoms with Crippen molar-refractivity contribution in [3.05, 3.63) is 62.6 Å². The number of halogens is 2. The van der Waals surface area contributed by atoms with Gasteiger partial charge in [-0.1, -0.05) is 83.2 Å². The van der Waals surface area contributed by atoms with E-state index in [-0.39, 0.29) is 62.2 Å². The van der Waals surface area contributed by atoms with Crippen molar-refractivity contribution < 1.29 is 68.4 Å². The Bertz CT molecular complexity index is 1890. The molecule has 2 aromatic carbocycles. The number of ether oxygens (including phenoxy) is 2. The third-order valence-electron chi connectivity index (χ3n) is 15.6. The van der Waals surface area contributed by atoms with Crippen LogP contribution in [0.1, 0.15) is 170 Å². The maximum Gasteiger partial charge on any atom is 1.00 e. The molecular weight excluding hydrogens is 810 g/mol. The number of carboxylic acid groups (broad SMARTS) is 2. The second kappa shape index (κ2) is 20.0. The van der Waals surface area contributed by atoms with Gasteiger partial charge in [-0.3, -0.25) is 9.59 Å². The van der Waals surface area contributed by atoms with Crippen molar-refractivity contribution in [1.29, 1.82) is 0 Å². The minimum absolute atomic E-state index is 0. The van der Waals surface area contributed by atoms with Gasteiger partial charge in [-0.25, -0.2) is 9.59 Å². The van der Waals surface area contributed by atoms with Gasteiger partial charge in [0.15, 0.2) is 11.5 Å². The first-order valence-corrected chi connectivity index (χ1v) is 22.8. The van der Waals surface area contributed by atoms with E-state index in [0.29, 0.717) is 45.8 Å². The normalized spacial score (nSPS) is 28.6. The van der Waals surface area contributed by atoms with Crippen LogP contribution in [0.2, 0.25) is 10.0 Å². The van der Waals surface area contributed by atoms with Gasteiger partial charge in [0.05, 0.1) is 10.0 Å². The van der Waals surface area contributed by atoms with Crippen LogP contribution >= 0.6 is 23.2 Å². The SMILES string of the molecule is CC(=O)Oc1c(Cl)cc(C(=CCC[C@H]2CC[C@@]3(C)[C@@H](CC[C@@H]4[C@@H]3CC[C@]3(C)[C@@H]([C@H](C)CCCC(C)C)CC[C@@H]43)C2)c2cc(Cl)c(OC(C)=O)c(C(=O)O)c2)cc1C(=O)O.[Na+]. The van der Waals surface area contributed by atoms with Crippen LogP contribution < -0.4 is 39.0 Å². The molecule has 0 aromatic heterocycles. The minimum atomic E-state index is -1.35. The first kappa shape index (κ1) is 48.7. The van der Waals surface area contributed by atoms with E-state index >= 15 is 0 Å². The Balaban J connectivity index is 0.00000683. The molecule has 0 amide bonds. The van der Waals surface area contributed by atoms with E-state index in [0.717, 1.165) is 62.2 Å². The molecule has 0 spiro atoms. The third kappa shape index (κ3) is 10.2.